The quantitative estimate of drug-likeness (QED) is 0.542. The summed E-state index contributed by atoms with van der Waals surface area (Å²) in [6, 6.07) is 0. The van der Waals surface area contributed by atoms with Gasteiger partial charge in [-0.05, 0) is 0 Å². The molecule has 0 unspecified atom stereocenters. The van der Waals surface area contributed by atoms with Crippen LogP contribution in [0.1, 0.15) is 2.85 Å². The summed E-state index contributed by atoms with van der Waals surface area (Å²) < 4.78 is 7.88. The fourth-order valence-corrected chi connectivity index (χ4v) is 0. The van der Waals surface area contributed by atoms with Gasteiger partial charge in [-0.15, -0.1) is 0 Å². The molecule has 0 aromatic heterocycles. The number of hydrogen-bond donors (Lipinski definition) is 0. The second-order valence-corrected chi connectivity index (χ2v) is 0. The normalized spacial score (nSPS) is 1.20. The van der Waals surface area contributed by atoms with Gasteiger partial charge in [-0.1, -0.05) is 0 Å². The first-order valence-electron chi connectivity index (χ1n) is 0.129. The van der Waals surface area contributed by atoms with Crippen LogP contribution in [0.5, 0.6) is 0 Å². The molecule has 0 aliphatic heterocycles. The van der Waals surface area contributed by atoms with Gasteiger partial charge in [0, 0.05) is 52.4 Å². The molecule has 2 radical (unpaired) electrons. The SMILES string of the molecule is [Co].[H-].[H-].[La].[O]=[Ni].[Sr+2]. The van der Waals surface area contributed by atoms with E-state index in [0.717, 1.165) is 0 Å². The monoisotopic (exact) mass is 362 g/mol. The minimum absolute atomic E-state index is 0. The van der Waals surface area contributed by atoms with Gasteiger partial charge < -0.3 is 2.85 Å². The first kappa shape index (κ1) is 23.6. The van der Waals surface area contributed by atoms with Gasteiger partial charge >= 0.3 is 64.8 Å². The summed E-state index contributed by atoms with van der Waals surface area (Å²) in [5.41, 5.74) is 0. The maximum atomic E-state index is 7.88. The third-order valence-electron chi connectivity index (χ3n) is 0. The first-order chi connectivity index (χ1) is 1.00. The molecule has 32 valence electrons. The Balaban J connectivity index is -0.000000000500. The smallest absolute Gasteiger partial charge is 2.00 e. The Hall–Kier alpha value is 3.48. The molecule has 0 N–H and O–H groups in total. The van der Waals surface area contributed by atoms with E-state index in [9.17, 15) is 0 Å². The molecule has 0 aliphatic carbocycles. The predicted molar refractivity (Wildman–Crippen MR) is 8.66 cm³/mol. The van der Waals surface area contributed by atoms with Crippen LogP contribution in [0.4, 0.5) is 0 Å². The Morgan fingerprint density at radius 2 is 1.40 bits per heavy atom. The van der Waals surface area contributed by atoms with Crippen LogP contribution in [0.2, 0.25) is 0 Å². The van der Waals surface area contributed by atoms with Crippen molar-refractivity contribution >= 4 is 45.5 Å². The van der Waals surface area contributed by atoms with Crippen molar-refractivity contribution in [1.82, 2.24) is 0 Å². The molecule has 0 heterocycles. The van der Waals surface area contributed by atoms with Crippen LogP contribution in [0, 0.1) is 35.6 Å². The van der Waals surface area contributed by atoms with Crippen molar-refractivity contribution in [2.24, 2.45) is 0 Å². The van der Waals surface area contributed by atoms with Crippen molar-refractivity contribution in [3.05, 3.63) is 0 Å². The van der Waals surface area contributed by atoms with Gasteiger partial charge in [0.25, 0.3) is 0 Å². The van der Waals surface area contributed by atoms with Crippen LogP contribution < -0.4 is 0 Å². The second kappa shape index (κ2) is 26.0. The minimum Gasteiger partial charge on any atom is 2.00 e. The van der Waals surface area contributed by atoms with Crippen molar-refractivity contribution in [1.29, 1.82) is 0 Å². The predicted octanol–water partition coefficient (Wildman–Crippen LogP) is -0.280. The molecule has 0 bridgehead atoms. The molecular formula is H2CoLaNiOSr. The molecular weight excluding hydrogens is 360 g/mol. The van der Waals surface area contributed by atoms with E-state index in [2.05, 4.69) is 15.4 Å². The molecule has 5 heteroatoms. The van der Waals surface area contributed by atoms with Crippen LogP contribution in [0.25, 0.3) is 0 Å². The average Bonchev–Trinajstić information content (AvgIpc) is 1.00. The average molecular weight is 362 g/mol. The Bertz CT molecular complexity index is 17.7. The summed E-state index contributed by atoms with van der Waals surface area (Å²) in [5.74, 6) is 0. The van der Waals surface area contributed by atoms with Crippen molar-refractivity contribution < 1.29 is 74.5 Å². The molecule has 0 fully saturated rings. The van der Waals surface area contributed by atoms with Gasteiger partial charge in [-0.2, -0.15) is 0 Å². The van der Waals surface area contributed by atoms with Crippen LogP contribution in [-0.4, -0.2) is 45.5 Å². The van der Waals surface area contributed by atoms with Gasteiger partial charge in [0.2, 0.25) is 0 Å². The molecule has 0 atom stereocenters. The van der Waals surface area contributed by atoms with Crippen molar-refractivity contribution in [2.75, 3.05) is 0 Å². The van der Waals surface area contributed by atoms with Gasteiger partial charge in [0.1, 0.15) is 0 Å². The summed E-state index contributed by atoms with van der Waals surface area (Å²) in [5, 5.41) is 0. The minimum atomic E-state index is 0. The molecule has 0 spiro atoms. The van der Waals surface area contributed by atoms with Crippen molar-refractivity contribution in [3.8, 4) is 0 Å². The summed E-state index contributed by atoms with van der Waals surface area (Å²) in [6.07, 6.45) is 0. The molecule has 0 aromatic carbocycles. The topological polar surface area (TPSA) is 17.1 Å². The third kappa shape index (κ3) is 18.6. The summed E-state index contributed by atoms with van der Waals surface area (Å²) in [6.45, 7) is 0. The number of hydrogen-bond acceptors (Lipinski definition) is 1. The molecule has 0 saturated heterocycles. The Labute approximate surface area is 117 Å². The largest absolute Gasteiger partial charge is 2.00 e. The third-order valence-corrected chi connectivity index (χ3v) is 0. The Kier molecular flexibility index (Phi) is 123. The van der Waals surface area contributed by atoms with E-state index in [-0.39, 0.29) is 101 Å². The molecule has 0 amide bonds. The zero-order valence-corrected chi connectivity index (χ0v) is 11.5. The van der Waals surface area contributed by atoms with Crippen molar-refractivity contribution in [3.63, 3.8) is 0 Å². The van der Waals surface area contributed by atoms with Crippen LogP contribution in [0.15, 0.2) is 0 Å². The van der Waals surface area contributed by atoms with E-state index in [1.165, 1.54) is 0 Å². The van der Waals surface area contributed by atoms with E-state index in [1.807, 2.05) is 0 Å². The van der Waals surface area contributed by atoms with Crippen LogP contribution >= 0.6 is 0 Å². The van der Waals surface area contributed by atoms with E-state index in [0.29, 0.717) is 0 Å². The summed E-state index contributed by atoms with van der Waals surface area (Å²) in [7, 11) is 0. The van der Waals surface area contributed by atoms with Gasteiger partial charge in [0.15, 0.2) is 0 Å². The van der Waals surface area contributed by atoms with Crippen molar-refractivity contribution in [2.45, 2.75) is 0 Å². The first-order valence-corrected chi connectivity index (χ1v) is 0.532. The Morgan fingerprint density at radius 3 is 1.40 bits per heavy atom. The molecule has 0 aromatic rings. The van der Waals surface area contributed by atoms with E-state index in [4.69, 9.17) is 3.90 Å². The molecule has 5 heavy (non-hydrogen) atoms. The molecule has 1 nitrogen and oxygen atoms in total. The van der Waals surface area contributed by atoms with Crippen LogP contribution in [-0.2, 0) is 36.1 Å². The second-order valence-electron chi connectivity index (χ2n) is 0. The van der Waals surface area contributed by atoms with E-state index in [1.54, 1.807) is 0 Å². The fourth-order valence-electron chi connectivity index (χ4n) is 0. The Morgan fingerprint density at radius 1 is 1.40 bits per heavy atom. The van der Waals surface area contributed by atoms with E-state index >= 15 is 0 Å². The zero-order chi connectivity index (χ0) is 2.00. The van der Waals surface area contributed by atoms with Gasteiger partial charge in [-0.3, -0.25) is 0 Å². The maximum Gasteiger partial charge on any atom is 2.00 e. The van der Waals surface area contributed by atoms with Gasteiger partial charge in [-0.25, -0.2) is 0 Å². The van der Waals surface area contributed by atoms with Gasteiger partial charge in [0.05, 0.1) is 0 Å². The summed E-state index contributed by atoms with van der Waals surface area (Å²) in [4.78, 5) is 0. The fraction of sp³-hybridized carbons (Fsp3) is 0. The summed E-state index contributed by atoms with van der Waals surface area (Å²) >= 11 is 2.62. The standard InChI is InChI=1S/Co.La.Ni.O.Sr.2H/q;;;;+2;2*-1. The molecule has 0 aliphatic rings. The molecule has 0 saturated carbocycles. The van der Waals surface area contributed by atoms with Crippen LogP contribution in [0.3, 0.4) is 0 Å². The molecule has 0 rings (SSSR count). The zero-order valence-electron chi connectivity index (χ0n) is 4.34. The maximum absolute atomic E-state index is 7.88. The number of rotatable bonds is 0. The van der Waals surface area contributed by atoms with E-state index < -0.39 is 0 Å².